The van der Waals surface area contributed by atoms with Gasteiger partial charge in [0, 0.05) is 18.8 Å². The predicted octanol–water partition coefficient (Wildman–Crippen LogP) is 2.80. The Kier molecular flexibility index (Phi) is 5.95. The van der Waals surface area contributed by atoms with Crippen LogP contribution in [0.4, 0.5) is 4.39 Å². The van der Waals surface area contributed by atoms with Gasteiger partial charge >= 0.3 is 0 Å². The summed E-state index contributed by atoms with van der Waals surface area (Å²) in [5.41, 5.74) is 0.897. The van der Waals surface area contributed by atoms with Crippen molar-refractivity contribution in [3.05, 3.63) is 35.6 Å². The van der Waals surface area contributed by atoms with Gasteiger partial charge in [-0.3, -0.25) is 4.79 Å². The third-order valence-electron chi connectivity index (χ3n) is 4.70. The summed E-state index contributed by atoms with van der Waals surface area (Å²) in [6.45, 7) is 4.19. The number of halogens is 1. The number of rotatable bonds is 4. The van der Waals surface area contributed by atoms with Crippen LogP contribution in [0.3, 0.4) is 0 Å². The fraction of sp³-hybridized carbons (Fsp3) is 0.611. The standard InChI is InChI=1S/C18H25FN2OS/c19-16-6-4-15(5-7-16)12-18(22)21-10-3-11-23-14-17(21)13-20-8-1-2-9-20/h4-7,17H,1-3,8-14H2. The van der Waals surface area contributed by atoms with Crippen LogP contribution in [-0.4, -0.2) is 59.4 Å². The Hall–Kier alpha value is -1.07. The molecule has 2 saturated heterocycles. The van der Waals surface area contributed by atoms with Gasteiger partial charge in [-0.15, -0.1) is 0 Å². The van der Waals surface area contributed by atoms with Crippen molar-refractivity contribution in [2.45, 2.75) is 31.7 Å². The van der Waals surface area contributed by atoms with Crippen molar-refractivity contribution in [3.63, 3.8) is 0 Å². The van der Waals surface area contributed by atoms with E-state index in [1.165, 1.54) is 38.1 Å². The normalized spacial score (nSPS) is 23.0. The molecule has 1 unspecified atom stereocenters. The Labute approximate surface area is 142 Å². The lowest BCUT2D eigenvalue weighted by atomic mass is 10.1. The van der Waals surface area contributed by atoms with Crippen LogP contribution >= 0.6 is 11.8 Å². The van der Waals surface area contributed by atoms with Crippen LogP contribution in [-0.2, 0) is 11.2 Å². The fourth-order valence-corrected chi connectivity index (χ4v) is 4.51. The lowest BCUT2D eigenvalue weighted by Crippen LogP contribution is -2.48. The van der Waals surface area contributed by atoms with Crippen molar-refractivity contribution in [2.75, 3.05) is 37.7 Å². The molecule has 126 valence electrons. The molecule has 0 spiro atoms. The highest BCUT2D eigenvalue weighted by atomic mass is 32.2. The van der Waals surface area contributed by atoms with Gasteiger partial charge in [-0.05, 0) is 55.8 Å². The Morgan fingerprint density at radius 1 is 1.13 bits per heavy atom. The summed E-state index contributed by atoms with van der Waals surface area (Å²) < 4.78 is 13.0. The second kappa shape index (κ2) is 8.15. The molecule has 0 radical (unpaired) electrons. The molecule has 1 aromatic carbocycles. The zero-order chi connectivity index (χ0) is 16.1. The molecule has 1 atom stereocenters. The molecule has 3 rings (SSSR count). The molecular weight excluding hydrogens is 311 g/mol. The summed E-state index contributed by atoms with van der Waals surface area (Å²) in [6, 6.07) is 6.61. The number of likely N-dealkylation sites (tertiary alicyclic amines) is 1. The maximum atomic E-state index is 13.0. The SMILES string of the molecule is O=C(Cc1ccc(F)cc1)N1CCCSCC1CN1CCCC1. The molecule has 0 aliphatic carbocycles. The molecule has 1 aromatic rings. The number of hydrogen-bond acceptors (Lipinski definition) is 3. The van der Waals surface area contributed by atoms with Crippen LogP contribution < -0.4 is 0 Å². The summed E-state index contributed by atoms with van der Waals surface area (Å²) in [5.74, 6) is 2.10. The van der Waals surface area contributed by atoms with E-state index in [2.05, 4.69) is 9.80 Å². The number of nitrogens with zero attached hydrogens (tertiary/aromatic N) is 2. The van der Waals surface area contributed by atoms with Crippen molar-refractivity contribution in [1.82, 2.24) is 9.80 Å². The van der Waals surface area contributed by atoms with E-state index in [1.54, 1.807) is 12.1 Å². The molecule has 0 N–H and O–H groups in total. The Morgan fingerprint density at radius 3 is 2.61 bits per heavy atom. The lowest BCUT2D eigenvalue weighted by Gasteiger charge is -2.33. The Bertz CT molecular complexity index is 516. The highest BCUT2D eigenvalue weighted by Gasteiger charge is 2.28. The minimum Gasteiger partial charge on any atom is -0.337 e. The summed E-state index contributed by atoms with van der Waals surface area (Å²) in [4.78, 5) is 17.4. The minimum absolute atomic E-state index is 0.184. The van der Waals surface area contributed by atoms with Gasteiger partial charge in [-0.1, -0.05) is 12.1 Å². The molecule has 2 aliphatic rings. The van der Waals surface area contributed by atoms with Crippen LogP contribution in [0.25, 0.3) is 0 Å². The molecule has 0 aromatic heterocycles. The fourth-order valence-electron chi connectivity index (χ4n) is 3.45. The molecule has 0 bridgehead atoms. The van der Waals surface area contributed by atoms with Gasteiger partial charge in [-0.25, -0.2) is 4.39 Å². The van der Waals surface area contributed by atoms with E-state index in [4.69, 9.17) is 0 Å². The number of benzene rings is 1. The summed E-state index contributed by atoms with van der Waals surface area (Å²) in [6.07, 6.45) is 4.00. The van der Waals surface area contributed by atoms with E-state index < -0.39 is 0 Å². The van der Waals surface area contributed by atoms with Crippen LogP contribution in [0, 0.1) is 5.82 Å². The second-order valence-electron chi connectivity index (χ2n) is 6.48. The maximum absolute atomic E-state index is 13.0. The number of amides is 1. The number of carbonyl (C=O) groups excluding carboxylic acids is 1. The summed E-state index contributed by atoms with van der Waals surface area (Å²) >= 11 is 1.97. The third-order valence-corrected chi connectivity index (χ3v) is 5.89. The summed E-state index contributed by atoms with van der Waals surface area (Å²) in [7, 11) is 0. The topological polar surface area (TPSA) is 23.6 Å². The molecule has 5 heteroatoms. The third kappa shape index (κ3) is 4.70. The van der Waals surface area contributed by atoms with E-state index in [0.29, 0.717) is 12.5 Å². The number of thioether (sulfide) groups is 1. The van der Waals surface area contributed by atoms with Gasteiger partial charge in [0.25, 0.3) is 0 Å². The molecular formula is C18H25FN2OS. The smallest absolute Gasteiger partial charge is 0.227 e. The molecule has 0 saturated carbocycles. The number of carbonyl (C=O) groups is 1. The first-order valence-electron chi connectivity index (χ1n) is 8.56. The first-order valence-corrected chi connectivity index (χ1v) is 9.72. The van der Waals surface area contributed by atoms with Gasteiger partial charge in [-0.2, -0.15) is 11.8 Å². The van der Waals surface area contributed by atoms with E-state index in [0.717, 1.165) is 36.6 Å². The van der Waals surface area contributed by atoms with Crippen molar-refractivity contribution in [3.8, 4) is 0 Å². The Morgan fingerprint density at radius 2 is 1.87 bits per heavy atom. The quantitative estimate of drug-likeness (QED) is 0.845. The first-order chi connectivity index (χ1) is 11.2. The van der Waals surface area contributed by atoms with Crippen LogP contribution in [0.15, 0.2) is 24.3 Å². The predicted molar refractivity (Wildman–Crippen MR) is 93.2 cm³/mol. The van der Waals surface area contributed by atoms with Crippen molar-refractivity contribution >= 4 is 17.7 Å². The summed E-state index contributed by atoms with van der Waals surface area (Å²) in [5, 5.41) is 0. The molecule has 2 fully saturated rings. The molecule has 23 heavy (non-hydrogen) atoms. The minimum atomic E-state index is -0.251. The van der Waals surface area contributed by atoms with Crippen LogP contribution in [0.2, 0.25) is 0 Å². The van der Waals surface area contributed by atoms with Gasteiger partial charge in [0.05, 0.1) is 12.5 Å². The van der Waals surface area contributed by atoms with E-state index in [-0.39, 0.29) is 11.7 Å². The van der Waals surface area contributed by atoms with Crippen LogP contribution in [0.1, 0.15) is 24.8 Å². The average molecular weight is 336 g/mol. The van der Waals surface area contributed by atoms with Gasteiger partial charge in [0.15, 0.2) is 0 Å². The largest absolute Gasteiger partial charge is 0.337 e. The zero-order valence-corrected chi connectivity index (χ0v) is 14.4. The lowest BCUT2D eigenvalue weighted by molar-refractivity contribution is -0.132. The van der Waals surface area contributed by atoms with Crippen molar-refractivity contribution < 1.29 is 9.18 Å². The maximum Gasteiger partial charge on any atom is 0.227 e. The highest BCUT2D eigenvalue weighted by molar-refractivity contribution is 7.99. The molecule has 1 amide bonds. The molecule has 2 heterocycles. The molecule has 3 nitrogen and oxygen atoms in total. The van der Waals surface area contributed by atoms with E-state index in [9.17, 15) is 9.18 Å². The van der Waals surface area contributed by atoms with E-state index in [1.807, 2.05) is 11.8 Å². The van der Waals surface area contributed by atoms with Gasteiger partial charge in [0.1, 0.15) is 5.82 Å². The van der Waals surface area contributed by atoms with Crippen molar-refractivity contribution in [1.29, 1.82) is 0 Å². The van der Waals surface area contributed by atoms with Gasteiger partial charge in [0.2, 0.25) is 5.91 Å². The highest BCUT2D eigenvalue weighted by Crippen LogP contribution is 2.20. The van der Waals surface area contributed by atoms with Crippen LogP contribution in [0.5, 0.6) is 0 Å². The first kappa shape index (κ1) is 16.8. The Balaban J connectivity index is 1.65. The monoisotopic (exact) mass is 336 g/mol. The second-order valence-corrected chi connectivity index (χ2v) is 7.63. The van der Waals surface area contributed by atoms with E-state index >= 15 is 0 Å². The zero-order valence-electron chi connectivity index (χ0n) is 13.5. The average Bonchev–Trinajstić information content (AvgIpc) is 2.94. The molecule has 2 aliphatic heterocycles. The van der Waals surface area contributed by atoms with Gasteiger partial charge < -0.3 is 9.80 Å². The number of hydrogen-bond donors (Lipinski definition) is 0. The van der Waals surface area contributed by atoms with Crippen molar-refractivity contribution in [2.24, 2.45) is 0 Å².